The van der Waals surface area contributed by atoms with Crippen LogP contribution in [-0.4, -0.2) is 81.6 Å². The maximum Gasteiger partial charge on any atom is 0.311 e. The van der Waals surface area contributed by atoms with Gasteiger partial charge in [0.2, 0.25) is 11.8 Å². The molecule has 5 atom stereocenters. The van der Waals surface area contributed by atoms with Gasteiger partial charge in [0.05, 0.1) is 16.6 Å². The van der Waals surface area contributed by atoms with E-state index in [1.807, 2.05) is 29.2 Å². The standard InChI is InChI=1S/C21H28N2O5S/c1-2-3-9-22-10-5-8-21-16(15-14(29-21)7-4-13-28-20(15)27)18(25)23(11-6-12-24)17(21)19(22)26/h4-5,7-8,14-17,24H,2-3,6,9-13H2,1H3/t14-,15+,16-,17?,21-/m0/s1. The predicted octanol–water partition coefficient (Wildman–Crippen LogP) is 0.978. The Hall–Kier alpha value is -1.80. The molecular formula is C21H28N2O5S. The lowest BCUT2D eigenvalue weighted by molar-refractivity contribution is -0.151. The minimum Gasteiger partial charge on any atom is -0.461 e. The van der Waals surface area contributed by atoms with Gasteiger partial charge in [0.15, 0.2) is 0 Å². The normalized spacial score (nSPS) is 35.9. The lowest BCUT2D eigenvalue weighted by Gasteiger charge is -2.35. The Kier molecular flexibility index (Phi) is 5.75. The fraction of sp³-hybridized carbons (Fsp3) is 0.667. The maximum atomic E-state index is 13.6. The summed E-state index contributed by atoms with van der Waals surface area (Å²) >= 11 is 1.55. The quantitative estimate of drug-likeness (QED) is 0.509. The molecule has 0 radical (unpaired) electrons. The zero-order chi connectivity index (χ0) is 20.6. The zero-order valence-corrected chi connectivity index (χ0v) is 17.5. The summed E-state index contributed by atoms with van der Waals surface area (Å²) in [7, 11) is 0. The minimum absolute atomic E-state index is 0.0538. The first kappa shape index (κ1) is 20.5. The number of amides is 2. The molecule has 0 aliphatic carbocycles. The molecule has 158 valence electrons. The van der Waals surface area contributed by atoms with Gasteiger partial charge < -0.3 is 19.6 Å². The van der Waals surface area contributed by atoms with Crippen molar-refractivity contribution in [1.82, 2.24) is 9.80 Å². The SMILES string of the molecule is CCCCN1CC=C[C@]23S[C@H]4C=CCOC(=O)[C@H]4[C@H]2C(=O)N(CCCO)C3C1=O. The molecule has 1 N–H and O–H groups in total. The molecule has 0 bridgehead atoms. The van der Waals surface area contributed by atoms with Crippen molar-refractivity contribution in [3.05, 3.63) is 24.3 Å². The highest BCUT2D eigenvalue weighted by Crippen LogP contribution is 2.60. The van der Waals surface area contributed by atoms with Gasteiger partial charge in [-0.3, -0.25) is 14.4 Å². The number of hydrogen-bond acceptors (Lipinski definition) is 6. The van der Waals surface area contributed by atoms with E-state index in [9.17, 15) is 19.5 Å². The molecule has 4 aliphatic rings. The minimum atomic E-state index is -0.777. The topological polar surface area (TPSA) is 87.2 Å². The van der Waals surface area contributed by atoms with Crippen molar-refractivity contribution < 1.29 is 24.2 Å². The summed E-state index contributed by atoms with van der Waals surface area (Å²) in [5.41, 5.74) is 0. The van der Waals surface area contributed by atoms with Crippen molar-refractivity contribution in [3.63, 3.8) is 0 Å². The molecule has 2 saturated heterocycles. The molecular weight excluding hydrogens is 392 g/mol. The average Bonchev–Trinajstić information content (AvgIpc) is 3.00. The van der Waals surface area contributed by atoms with E-state index in [2.05, 4.69) is 6.92 Å². The van der Waals surface area contributed by atoms with E-state index >= 15 is 0 Å². The van der Waals surface area contributed by atoms with Crippen molar-refractivity contribution in [3.8, 4) is 0 Å². The third-order valence-electron chi connectivity index (χ3n) is 6.34. The Morgan fingerprint density at radius 2 is 2.03 bits per heavy atom. The van der Waals surface area contributed by atoms with Crippen LogP contribution in [0.5, 0.6) is 0 Å². The fourth-order valence-corrected chi connectivity index (χ4v) is 7.05. The van der Waals surface area contributed by atoms with Gasteiger partial charge in [-0.05, 0) is 12.8 Å². The first-order chi connectivity index (χ1) is 14.0. The number of nitrogens with zero attached hydrogens (tertiary/aromatic N) is 2. The summed E-state index contributed by atoms with van der Waals surface area (Å²) in [5, 5.41) is 9.15. The van der Waals surface area contributed by atoms with Crippen LogP contribution in [0, 0.1) is 11.8 Å². The Morgan fingerprint density at radius 3 is 2.79 bits per heavy atom. The Balaban J connectivity index is 1.77. The highest BCUT2D eigenvalue weighted by molar-refractivity contribution is 8.02. The van der Waals surface area contributed by atoms with Crippen LogP contribution >= 0.6 is 11.8 Å². The molecule has 0 aromatic heterocycles. The van der Waals surface area contributed by atoms with E-state index in [4.69, 9.17) is 4.74 Å². The Bertz CT molecular complexity index is 753. The Morgan fingerprint density at radius 1 is 1.21 bits per heavy atom. The molecule has 4 rings (SSSR count). The number of carbonyl (C=O) groups excluding carboxylic acids is 3. The molecule has 7 nitrogen and oxygen atoms in total. The smallest absolute Gasteiger partial charge is 0.311 e. The van der Waals surface area contributed by atoms with Crippen molar-refractivity contribution in [2.45, 2.75) is 42.2 Å². The number of cyclic esters (lactones) is 1. The van der Waals surface area contributed by atoms with Crippen LogP contribution in [0.1, 0.15) is 26.2 Å². The van der Waals surface area contributed by atoms with E-state index in [1.54, 1.807) is 16.7 Å². The first-order valence-corrected chi connectivity index (χ1v) is 11.3. The van der Waals surface area contributed by atoms with Gasteiger partial charge in [0.1, 0.15) is 12.6 Å². The summed E-state index contributed by atoms with van der Waals surface area (Å²) in [4.78, 5) is 43.3. The fourth-order valence-electron chi connectivity index (χ4n) is 5.05. The lowest BCUT2D eigenvalue weighted by Crippen LogP contribution is -2.53. The predicted molar refractivity (Wildman–Crippen MR) is 109 cm³/mol. The average molecular weight is 421 g/mol. The van der Waals surface area contributed by atoms with Gasteiger partial charge in [-0.2, -0.15) is 0 Å². The molecule has 2 amide bonds. The molecule has 1 unspecified atom stereocenters. The second-order valence-corrected chi connectivity index (χ2v) is 9.54. The van der Waals surface area contributed by atoms with Crippen molar-refractivity contribution >= 4 is 29.5 Å². The number of thioether (sulfide) groups is 1. The van der Waals surface area contributed by atoms with Crippen molar-refractivity contribution in [2.24, 2.45) is 11.8 Å². The third-order valence-corrected chi connectivity index (χ3v) is 8.08. The summed E-state index contributed by atoms with van der Waals surface area (Å²) in [6.45, 7) is 3.72. The van der Waals surface area contributed by atoms with Crippen molar-refractivity contribution in [2.75, 3.05) is 32.8 Å². The monoisotopic (exact) mass is 420 g/mol. The van der Waals surface area contributed by atoms with Gasteiger partial charge in [0.25, 0.3) is 0 Å². The first-order valence-electron chi connectivity index (χ1n) is 10.4. The third kappa shape index (κ3) is 3.20. The van der Waals surface area contributed by atoms with E-state index in [0.29, 0.717) is 26.1 Å². The molecule has 4 aliphatic heterocycles. The van der Waals surface area contributed by atoms with Crippen molar-refractivity contribution in [1.29, 1.82) is 0 Å². The number of aliphatic hydroxyl groups excluding tert-OH is 1. The summed E-state index contributed by atoms with van der Waals surface area (Å²) in [6, 6.07) is -0.653. The van der Waals surface area contributed by atoms with E-state index in [1.165, 1.54) is 0 Å². The van der Waals surface area contributed by atoms with Crippen LogP contribution in [0.3, 0.4) is 0 Å². The van der Waals surface area contributed by atoms with E-state index in [0.717, 1.165) is 12.8 Å². The molecule has 0 aromatic rings. The molecule has 2 fully saturated rings. The Labute approximate surface area is 175 Å². The van der Waals surface area contributed by atoms with Crippen LogP contribution in [0.4, 0.5) is 0 Å². The largest absolute Gasteiger partial charge is 0.461 e. The zero-order valence-electron chi connectivity index (χ0n) is 16.7. The van der Waals surface area contributed by atoms with Crippen LogP contribution < -0.4 is 0 Å². The van der Waals surface area contributed by atoms with Gasteiger partial charge >= 0.3 is 5.97 Å². The number of hydrogen-bond donors (Lipinski definition) is 1. The molecule has 29 heavy (non-hydrogen) atoms. The molecule has 1 spiro atoms. The number of aliphatic hydroxyl groups is 1. The molecule has 4 heterocycles. The number of esters is 1. The molecule has 8 heteroatoms. The van der Waals surface area contributed by atoms with Gasteiger partial charge in [0, 0.05) is 31.5 Å². The number of fused-ring (bicyclic) bond motifs is 2. The van der Waals surface area contributed by atoms with Gasteiger partial charge in [-0.1, -0.05) is 37.6 Å². The molecule has 0 saturated carbocycles. The van der Waals surface area contributed by atoms with Crippen LogP contribution in [0.2, 0.25) is 0 Å². The number of unbranched alkanes of at least 4 members (excludes halogenated alkanes) is 1. The highest BCUT2D eigenvalue weighted by atomic mass is 32.2. The second kappa shape index (κ2) is 8.14. The number of likely N-dealkylation sites (tertiary alicyclic amines) is 1. The van der Waals surface area contributed by atoms with E-state index < -0.39 is 22.6 Å². The van der Waals surface area contributed by atoms with E-state index in [-0.39, 0.29) is 36.2 Å². The highest BCUT2D eigenvalue weighted by Gasteiger charge is 2.70. The van der Waals surface area contributed by atoms with Gasteiger partial charge in [-0.15, -0.1) is 11.8 Å². The second-order valence-electron chi connectivity index (χ2n) is 8.05. The van der Waals surface area contributed by atoms with Crippen LogP contribution in [-0.2, 0) is 19.1 Å². The molecule has 0 aromatic carbocycles. The number of carbonyl (C=O) groups is 3. The van der Waals surface area contributed by atoms with Crippen LogP contribution in [0.15, 0.2) is 24.3 Å². The summed E-state index contributed by atoms with van der Waals surface area (Å²) < 4.78 is 4.55. The maximum absolute atomic E-state index is 13.6. The van der Waals surface area contributed by atoms with Crippen LogP contribution in [0.25, 0.3) is 0 Å². The summed E-state index contributed by atoms with van der Waals surface area (Å²) in [5.74, 6) is -1.81. The van der Waals surface area contributed by atoms with Gasteiger partial charge in [-0.25, -0.2) is 0 Å². The lowest BCUT2D eigenvalue weighted by atomic mass is 9.78. The summed E-state index contributed by atoms with van der Waals surface area (Å²) in [6.07, 6.45) is 10.1. The number of rotatable bonds is 6. The number of ether oxygens (including phenoxy) is 1.